The number of carbonyl (C=O) groups is 4. The molecule has 2 heterocycles. The molecule has 0 radical (unpaired) electrons. The summed E-state index contributed by atoms with van der Waals surface area (Å²) in [4.78, 5) is 46.8. The average Bonchev–Trinajstić information content (AvgIpc) is 3.57. The molecule has 0 saturated carbocycles. The Labute approximate surface area is 249 Å². The fourth-order valence-corrected chi connectivity index (χ4v) is 5.34. The van der Waals surface area contributed by atoms with Crippen LogP contribution in [0.15, 0.2) is 48.5 Å². The van der Waals surface area contributed by atoms with Gasteiger partial charge in [0.1, 0.15) is 21.5 Å². The van der Waals surface area contributed by atoms with Gasteiger partial charge in [0.15, 0.2) is 0 Å². The number of benzene rings is 2. The van der Waals surface area contributed by atoms with Crippen molar-refractivity contribution in [3.8, 4) is 11.5 Å². The molecule has 14 heteroatoms. The third-order valence-corrected chi connectivity index (χ3v) is 7.35. The van der Waals surface area contributed by atoms with E-state index in [9.17, 15) is 19.2 Å². The average molecular weight is 609 g/mol. The van der Waals surface area contributed by atoms with E-state index in [0.29, 0.717) is 34.6 Å². The van der Waals surface area contributed by atoms with Crippen LogP contribution in [0.25, 0.3) is 0 Å². The number of rotatable bonds is 13. The maximum absolute atomic E-state index is 12.4. The quantitative estimate of drug-likeness (QED) is 0.128. The molecule has 218 valence electrons. The van der Waals surface area contributed by atoms with E-state index in [-0.39, 0.29) is 24.7 Å². The summed E-state index contributed by atoms with van der Waals surface area (Å²) in [5.74, 6) is -0.373. The van der Waals surface area contributed by atoms with Crippen molar-refractivity contribution in [1.82, 2.24) is 20.4 Å². The number of esters is 2. The van der Waals surface area contributed by atoms with Crippen LogP contribution < -0.4 is 20.1 Å². The lowest BCUT2D eigenvalue weighted by Gasteiger charge is -2.04. The smallest absolute Gasteiger partial charge is 0.308 e. The topological polar surface area (TPSA) is 162 Å². The van der Waals surface area contributed by atoms with Crippen molar-refractivity contribution in [1.29, 1.82) is 0 Å². The van der Waals surface area contributed by atoms with Crippen molar-refractivity contribution < 1.29 is 28.7 Å². The molecule has 2 aromatic heterocycles. The van der Waals surface area contributed by atoms with Gasteiger partial charge in [-0.15, -0.1) is 20.4 Å². The Morgan fingerprint density at radius 3 is 1.36 bits per heavy atom. The minimum absolute atomic E-state index is 0.157. The molecule has 2 N–H and O–H groups in total. The molecule has 0 atom stereocenters. The summed E-state index contributed by atoms with van der Waals surface area (Å²) in [6.07, 6.45) is 3.44. The molecule has 0 aliphatic carbocycles. The SMILES string of the molecule is CC(=O)Oc1ccc(CC(=O)Nc2nnc(CCCCc3nnc(NC(=O)Cc4ccc(OC(C)=O)cc4)s3)s2)cc1. The van der Waals surface area contributed by atoms with Gasteiger partial charge in [0.2, 0.25) is 22.1 Å². The van der Waals surface area contributed by atoms with Crippen molar-refractivity contribution in [2.24, 2.45) is 0 Å². The first-order valence-corrected chi connectivity index (χ1v) is 14.6. The molecule has 42 heavy (non-hydrogen) atoms. The van der Waals surface area contributed by atoms with Crippen LogP contribution in [0.5, 0.6) is 11.5 Å². The summed E-state index contributed by atoms with van der Waals surface area (Å²) in [5.41, 5.74) is 1.56. The van der Waals surface area contributed by atoms with Gasteiger partial charge >= 0.3 is 11.9 Å². The zero-order chi connectivity index (χ0) is 29.9. The number of hydrogen-bond acceptors (Lipinski definition) is 12. The van der Waals surface area contributed by atoms with E-state index in [1.54, 1.807) is 48.5 Å². The number of aryl methyl sites for hydroxylation is 2. The Kier molecular flexibility index (Phi) is 10.8. The second-order valence-corrected chi connectivity index (χ2v) is 11.3. The highest BCUT2D eigenvalue weighted by Gasteiger charge is 2.12. The number of aromatic nitrogens is 4. The molecule has 4 aromatic rings. The van der Waals surface area contributed by atoms with Gasteiger partial charge in [0.25, 0.3) is 0 Å². The molecule has 2 amide bonds. The Bertz CT molecular complexity index is 1420. The number of carbonyl (C=O) groups excluding carboxylic acids is 4. The molecule has 0 bridgehead atoms. The second kappa shape index (κ2) is 14.9. The van der Waals surface area contributed by atoms with E-state index >= 15 is 0 Å². The fourth-order valence-electron chi connectivity index (χ4n) is 3.74. The van der Waals surface area contributed by atoms with E-state index in [1.807, 2.05) is 0 Å². The number of ether oxygens (including phenoxy) is 2. The molecule has 4 rings (SSSR count). The van der Waals surface area contributed by atoms with Crippen LogP contribution in [0.2, 0.25) is 0 Å². The largest absolute Gasteiger partial charge is 0.427 e. The van der Waals surface area contributed by atoms with Gasteiger partial charge in [-0.3, -0.25) is 19.2 Å². The highest BCUT2D eigenvalue weighted by molar-refractivity contribution is 7.15. The number of anilines is 2. The lowest BCUT2D eigenvalue weighted by Crippen LogP contribution is -2.14. The summed E-state index contributed by atoms with van der Waals surface area (Å²) in [6.45, 7) is 2.66. The van der Waals surface area contributed by atoms with E-state index in [2.05, 4.69) is 31.0 Å². The second-order valence-electron chi connectivity index (χ2n) is 9.13. The molecular formula is C28H28N6O6S2. The first-order valence-electron chi connectivity index (χ1n) is 13.0. The van der Waals surface area contributed by atoms with Gasteiger partial charge in [0, 0.05) is 26.7 Å². The van der Waals surface area contributed by atoms with Gasteiger partial charge in [-0.25, -0.2) is 0 Å². The molecule has 0 spiro atoms. The molecule has 2 aromatic carbocycles. The van der Waals surface area contributed by atoms with E-state index in [1.165, 1.54) is 36.5 Å². The van der Waals surface area contributed by atoms with E-state index in [4.69, 9.17) is 9.47 Å². The minimum Gasteiger partial charge on any atom is -0.427 e. The van der Waals surface area contributed by atoms with Gasteiger partial charge in [-0.1, -0.05) is 46.9 Å². The van der Waals surface area contributed by atoms with Crippen LogP contribution in [-0.2, 0) is 44.9 Å². The fraction of sp³-hybridized carbons (Fsp3) is 0.286. The minimum atomic E-state index is -0.400. The first-order chi connectivity index (χ1) is 20.2. The van der Waals surface area contributed by atoms with Crippen molar-refractivity contribution in [2.45, 2.75) is 52.4 Å². The number of amides is 2. The molecule has 0 aliphatic heterocycles. The lowest BCUT2D eigenvalue weighted by atomic mass is 10.1. The van der Waals surface area contributed by atoms with E-state index in [0.717, 1.165) is 34.0 Å². The Balaban J connectivity index is 1.13. The van der Waals surface area contributed by atoms with Crippen LogP contribution in [0.4, 0.5) is 10.3 Å². The maximum Gasteiger partial charge on any atom is 0.308 e. The van der Waals surface area contributed by atoms with Crippen molar-refractivity contribution in [3.05, 3.63) is 69.7 Å². The van der Waals surface area contributed by atoms with Crippen LogP contribution >= 0.6 is 22.7 Å². The highest BCUT2D eigenvalue weighted by Crippen LogP contribution is 2.21. The number of hydrogen-bond donors (Lipinski definition) is 2. The summed E-state index contributed by atoms with van der Waals surface area (Å²) in [5, 5.41) is 24.5. The van der Waals surface area contributed by atoms with Crippen molar-refractivity contribution in [2.75, 3.05) is 10.6 Å². The molecule has 0 fully saturated rings. The summed E-state index contributed by atoms with van der Waals surface area (Å²) in [7, 11) is 0. The highest BCUT2D eigenvalue weighted by atomic mass is 32.1. The van der Waals surface area contributed by atoms with Crippen molar-refractivity contribution in [3.63, 3.8) is 0 Å². The predicted octanol–water partition coefficient (Wildman–Crippen LogP) is 4.17. The number of nitrogens with one attached hydrogen (secondary N) is 2. The van der Waals surface area contributed by atoms with Crippen molar-refractivity contribution >= 4 is 56.7 Å². The Hall–Kier alpha value is -4.56. The van der Waals surface area contributed by atoms with Crippen LogP contribution in [0, 0.1) is 0 Å². The molecular weight excluding hydrogens is 580 g/mol. The lowest BCUT2D eigenvalue weighted by molar-refractivity contribution is -0.132. The third kappa shape index (κ3) is 10.1. The first kappa shape index (κ1) is 30.4. The van der Waals surface area contributed by atoms with Crippen LogP contribution in [-0.4, -0.2) is 44.1 Å². The van der Waals surface area contributed by atoms with Crippen LogP contribution in [0.3, 0.4) is 0 Å². The third-order valence-electron chi connectivity index (χ3n) is 5.56. The number of nitrogens with zero attached hydrogens (tertiary/aromatic N) is 4. The summed E-state index contributed by atoms with van der Waals surface area (Å²) in [6, 6.07) is 13.5. The molecule has 0 unspecified atom stereocenters. The Morgan fingerprint density at radius 1 is 0.619 bits per heavy atom. The normalized spacial score (nSPS) is 10.6. The van der Waals surface area contributed by atoms with E-state index < -0.39 is 11.9 Å². The Morgan fingerprint density at radius 2 is 1.00 bits per heavy atom. The van der Waals surface area contributed by atoms with Gasteiger partial charge < -0.3 is 20.1 Å². The zero-order valence-electron chi connectivity index (χ0n) is 22.9. The molecule has 0 aliphatic rings. The van der Waals surface area contributed by atoms with Gasteiger partial charge in [0.05, 0.1) is 12.8 Å². The standard InChI is InChI=1S/C28H28N6O6S2/c1-17(35)39-21-11-7-19(8-12-21)15-23(37)29-27-33-31-25(41-27)5-3-4-6-26-32-34-28(42-26)30-24(38)16-20-9-13-22(14-10-20)40-18(2)36/h7-14H,3-6,15-16H2,1-2H3,(H,29,33,37)(H,30,34,38). The summed E-state index contributed by atoms with van der Waals surface area (Å²) >= 11 is 2.67. The summed E-state index contributed by atoms with van der Waals surface area (Å²) < 4.78 is 9.99. The number of unbranched alkanes of at least 4 members (excludes halogenated alkanes) is 1. The monoisotopic (exact) mass is 608 g/mol. The zero-order valence-corrected chi connectivity index (χ0v) is 24.5. The maximum atomic E-state index is 12.4. The molecule has 12 nitrogen and oxygen atoms in total. The van der Waals surface area contributed by atoms with Gasteiger partial charge in [-0.05, 0) is 48.2 Å². The molecule has 0 saturated heterocycles. The predicted molar refractivity (Wildman–Crippen MR) is 157 cm³/mol. The van der Waals surface area contributed by atoms with Gasteiger partial charge in [-0.2, -0.15) is 0 Å². The van der Waals surface area contributed by atoms with Crippen LogP contribution in [0.1, 0.15) is 47.8 Å².